The van der Waals surface area contributed by atoms with Crippen LogP contribution in [0.4, 0.5) is 0 Å². The smallest absolute Gasteiger partial charge is 0.286 e. The van der Waals surface area contributed by atoms with Crippen molar-refractivity contribution in [2.24, 2.45) is 0 Å². The van der Waals surface area contributed by atoms with E-state index < -0.39 is 0 Å². The second-order valence-electron chi connectivity index (χ2n) is 5.31. The molecular weight excluding hydrogens is 300 g/mol. The average Bonchev–Trinajstić information content (AvgIpc) is 3.09. The molecule has 2 N–H and O–H groups in total. The van der Waals surface area contributed by atoms with Gasteiger partial charge in [-0.05, 0) is 12.1 Å². The summed E-state index contributed by atoms with van der Waals surface area (Å²) < 4.78 is 4.98. The second kappa shape index (κ2) is 8.33. The van der Waals surface area contributed by atoms with E-state index in [0.29, 0.717) is 32.7 Å². The van der Waals surface area contributed by atoms with Crippen molar-refractivity contribution < 1.29 is 18.8 Å². The monoisotopic (exact) mass is 322 g/mol. The van der Waals surface area contributed by atoms with E-state index in [1.807, 2.05) is 4.90 Å². The van der Waals surface area contributed by atoms with Gasteiger partial charge in [0, 0.05) is 46.2 Å². The summed E-state index contributed by atoms with van der Waals surface area (Å²) in [5, 5.41) is 5.24. The maximum absolute atomic E-state index is 12.1. The highest BCUT2D eigenvalue weighted by Gasteiger charge is 2.22. The van der Waals surface area contributed by atoms with Crippen molar-refractivity contribution in [3.8, 4) is 0 Å². The number of rotatable bonds is 6. The van der Waals surface area contributed by atoms with Crippen LogP contribution in [0.2, 0.25) is 0 Å². The quantitative estimate of drug-likeness (QED) is 0.721. The normalized spacial score (nSPS) is 15.3. The Labute approximate surface area is 134 Å². The van der Waals surface area contributed by atoms with E-state index in [-0.39, 0.29) is 36.4 Å². The summed E-state index contributed by atoms with van der Waals surface area (Å²) in [6, 6.07) is 3.21. The highest BCUT2D eigenvalue weighted by atomic mass is 16.3. The number of amides is 3. The van der Waals surface area contributed by atoms with Crippen LogP contribution in [0.25, 0.3) is 0 Å². The molecule has 1 aromatic rings. The predicted molar refractivity (Wildman–Crippen MR) is 82.7 cm³/mol. The van der Waals surface area contributed by atoms with Crippen molar-refractivity contribution in [3.05, 3.63) is 24.2 Å². The third kappa shape index (κ3) is 5.10. The number of carbonyl (C=O) groups excluding carboxylic acids is 3. The SMILES string of the molecule is CNC(=O)CN1CCN(C(=O)CCNC(=O)c2ccco2)CC1. The van der Waals surface area contributed by atoms with E-state index in [1.54, 1.807) is 24.1 Å². The molecule has 0 aromatic carbocycles. The molecule has 1 aliphatic heterocycles. The molecule has 1 aliphatic rings. The van der Waals surface area contributed by atoms with Crippen LogP contribution >= 0.6 is 0 Å². The van der Waals surface area contributed by atoms with Crippen molar-refractivity contribution in [3.63, 3.8) is 0 Å². The van der Waals surface area contributed by atoms with Crippen LogP contribution in [0.3, 0.4) is 0 Å². The van der Waals surface area contributed by atoms with Crippen LogP contribution in [0.5, 0.6) is 0 Å². The van der Waals surface area contributed by atoms with Gasteiger partial charge in [-0.2, -0.15) is 0 Å². The minimum absolute atomic E-state index is 0.00402. The standard InChI is InChI=1S/C15H22N4O4/c1-16-13(20)11-18-6-8-19(9-7-18)14(21)4-5-17-15(22)12-3-2-10-23-12/h2-3,10H,4-9,11H2,1H3,(H,16,20)(H,17,22). The van der Waals surface area contributed by atoms with Gasteiger partial charge >= 0.3 is 0 Å². The summed E-state index contributed by atoms with van der Waals surface area (Å²) in [7, 11) is 1.61. The topological polar surface area (TPSA) is 94.9 Å². The highest BCUT2D eigenvalue weighted by Crippen LogP contribution is 2.04. The zero-order valence-corrected chi connectivity index (χ0v) is 13.2. The van der Waals surface area contributed by atoms with E-state index in [0.717, 1.165) is 0 Å². The number of hydrogen-bond acceptors (Lipinski definition) is 5. The number of likely N-dealkylation sites (N-methyl/N-ethyl adjacent to an activating group) is 1. The molecule has 3 amide bonds. The van der Waals surface area contributed by atoms with Crippen molar-refractivity contribution in [1.82, 2.24) is 20.4 Å². The molecule has 0 bridgehead atoms. The first-order chi connectivity index (χ1) is 11.1. The van der Waals surface area contributed by atoms with Crippen molar-refractivity contribution in [2.75, 3.05) is 46.3 Å². The molecule has 126 valence electrons. The minimum atomic E-state index is -0.321. The maximum Gasteiger partial charge on any atom is 0.286 e. The van der Waals surface area contributed by atoms with Crippen molar-refractivity contribution in [1.29, 1.82) is 0 Å². The molecular formula is C15H22N4O4. The van der Waals surface area contributed by atoms with E-state index in [4.69, 9.17) is 4.42 Å². The Morgan fingerprint density at radius 3 is 2.57 bits per heavy atom. The first kappa shape index (κ1) is 17.0. The highest BCUT2D eigenvalue weighted by molar-refractivity contribution is 5.91. The molecule has 1 fully saturated rings. The Hall–Kier alpha value is -2.35. The minimum Gasteiger partial charge on any atom is -0.459 e. The van der Waals surface area contributed by atoms with Crippen LogP contribution in [0.1, 0.15) is 17.0 Å². The fourth-order valence-electron chi connectivity index (χ4n) is 2.37. The summed E-state index contributed by atoms with van der Waals surface area (Å²) in [4.78, 5) is 38.9. The van der Waals surface area contributed by atoms with E-state index in [2.05, 4.69) is 10.6 Å². The van der Waals surface area contributed by atoms with Gasteiger partial charge in [0.25, 0.3) is 5.91 Å². The Morgan fingerprint density at radius 1 is 1.22 bits per heavy atom. The number of carbonyl (C=O) groups is 3. The molecule has 0 aliphatic carbocycles. The van der Waals surface area contributed by atoms with E-state index in [9.17, 15) is 14.4 Å². The lowest BCUT2D eigenvalue weighted by Gasteiger charge is -2.34. The van der Waals surface area contributed by atoms with Gasteiger partial charge < -0.3 is 20.0 Å². The zero-order chi connectivity index (χ0) is 16.7. The van der Waals surface area contributed by atoms with Gasteiger partial charge in [0.05, 0.1) is 12.8 Å². The number of furan rings is 1. The largest absolute Gasteiger partial charge is 0.459 e. The summed E-state index contributed by atoms with van der Waals surface area (Å²) >= 11 is 0. The van der Waals surface area contributed by atoms with Gasteiger partial charge in [-0.15, -0.1) is 0 Å². The molecule has 0 atom stereocenters. The Balaban J connectivity index is 1.65. The van der Waals surface area contributed by atoms with Crippen LogP contribution < -0.4 is 10.6 Å². The van der Waals surface area contributed by atoms with Gasteiger partial charge in [0.1, 0.15) is 0 Å². The Bertz CT molecular complexity index is 536. The molecule has 8 nitrogen and oxygen atoms in total. The molecule has 1 aromatic heterocycles. The third-order valence-corrected chi connectivity index (χ3v) is 3.74. The lowest BCUT2D eigenvalue weighted by Crippen LogP contribution is -2.51. The molecule has 0 unspecified atom stereocenters. The van der Waals surface area contributed by atoms with Gasteiger partial charge in [-0.1, -0.05) is 0 Å². The van der Waals surface area contributed by atoms with Crippen LogP contribution in [-0.2, 0) is 9.59 Å². The number of hydrogen-bond donors (Lipinski definition) is 2. The van der Waals surface area contributed by atoms with Gasteiger partial charge in [-0.3, -0.25) is 19.3 Å². The summed E-state index contributed by atoms with van der Waals surface area (Å²) in [5.74, 6) is -0.104. The van der Waals surface area contributed by atoms with Crippen molar-refractivity contribution >= 4 is 17.7 Å². The first-order valence-corrected chi connectivity index (χ1v) is 7.62. The molecule has 2 rings (SSSR count). The Morgan fingerprint density at radius 2 is 1.96 bits per heavy atom. The lowest BCUT2D eigenvalue weighted by atomic mass is 10.2. The van der Waals surface area contributed by atoms with Crippen LogP contribution in [0.15, 0.2) is 22.8 Å². The molecule has 23 heavy (non-hydrogen) atoms. The lowest BCUT2D eigenvalue weighted by molar-refractivity contribution is -0.133. The molecule has 8 heteroatoms. The maximum atomic E-state index is 12.1. The first-order valence-electron chi connectivity index (χ1n) is 7.62. The van der Waals surface area contributed by atoms with Crippen LogP contribution in [0, 0.1) is 0 Å². The second-order valence-corrected chi connectivity index (χ2v) is 5.31. The summed E-state index contributed by atoms with van der Waals surface area (Å²) in [6.07, 6.45) is 1.68. The van der Waals surface area contributed by atoms with Gasteiger partial charge in [0.2, 0.25) is 11.8 Å². The molecule has 0 saturated carbocycles. The predicted octanol–water partition coefficient (Wildman–Crippen LogP) is -0.710. The summed E-state index contributed by atoms with van der Waals surface area (Å²) in [5.41, 5.74) is 0. The molecule has 2 heterocycles. The molecule has 0 spiro atoms. The fourth-order valence-corrected chi connectivity index (χ4v) is 2.37. The number of nitrogens with one attached hydrogen (secondary N) is 2. The van der Waals surface area contributed by atoms with E-state index >= 15 is 0 Å². The molecule has 1 saturated heterocycles. The van der Waals surface area contributed by atoms with E-state index in [1.165, 1.54) is 6.26 Å². The average molecular weight is 322 g/mol. The van der Waals surface area contributed by atoms with Crippen molar-refractivity contribution in [2.45, 2.75) is 6.42 Å². The fraction of sp³-hybridized carbons (Fsp3) is 0.533. The summed E-state index contributed by atoms with van der Waals surface area (Å²) in [6.45, 7) is 3.19. The van der Waals surface area contributed by atoms with Gasteiger partial charge in [0.15, 0.2) is 5.76 Å². The number of piperazine rings is 1. The Kier molecular flexibility index (Phi) is 6.16. The molecule has 0 radical (unpaired) electrons. The van der Waals surface area contributed by atoms with Crippen LogP contribution in [-0.4, -0.2) is 73.8 Å². The zero-order valence-electron chi connectivity index (χ0n) is 13.2. The van der Waals surface area contributed by atoms with Gasteiger partial charge in [-0.25, -0.2) is 0 Å². The number of nitrogens with zero attached hydrogens (tertiary/aromatic N) is 2. The third-order valence-electron chi connectivity index (χ3n) is 3.74.